The van der Waals surface area contributed by atoms with Gasteiger partial charge in [0.1, 0.15) is 5.82 Å². The summed E-state index contributed by atoms with van der Waals surface area (Å²) in [5.41, 5.74) is 10.7. The van der Waals surface area contributed by atoms with Crippen molar-refractivity contribution in [3.63, 3.8) is 0 Å². The number of hydrogen-bond acceptors (Lipinski definition) is 6. The molecule has 6 nitrogen and oxygen atoms in total. The van der Waals surface area contributed by atoms with Crippen molar-refractivity contribution in [2.24, 2.45) is 0 Å². The van der Waals surface area contributed by atoms with E-state index in [1.54, 1.807) is 0 Å². The predicted octanol–water partition coefficient (Wildman–Crippen LogP) is 3.86. The lowest BCUT2D eigenvalue weighted by Gasteiger charge is -2.33. The molecule has 0 amide bonds. The van der Waals surface area contributed by atoms with Crippen LogP contribution in [0.4, 0.5) is 30.4 Å². The fraction of sp³-hybridized carbons (Fsp3) is 0.524. The topological polar surface area (TPSA) is 93.1 Å². The summed E-state index contributed by atoms with van der Waals surface area (Å²) in [4.78, 5) is 11.1. The Hall–Kier alpha value is -2.55. The zero-order valence-corrected chi connectivity index (χ0v) is 17.4. The van der Waals surface area contributed by atoms with Crippen molar-refractivity contribution in [3.05, 3.63) is 29.5 Å². The van der Waals surface area contributed by atoms with Gasteiger partial charge < -0.3 is 21.7 Å². The van der Waals surface area contributed by atoms with Gasteiger partial charge in [-0.15, -0.1) is 0 Å². The number of aromatic nitrogens is 2. The number of rotatable bonds is 6. The quantitative estimate of drug-likeness (QED) is 0.612. The smallest absolute Gasteiger partial charge is 0.398 e. The molecule has 0 saturated carbocycles. The number of benzene rings is 1. The van der Waals surface area contributed by atoms with Gasteiger partial charge in [-0.3, -0.25) is 0 Å². The Morgan fingerprint density at radius 1 is 1.20 bits per heavy atom. The summed E-state index contributed by atoms with van der Waals surface area (Å²) in [6, 6.07) is 4.73. The average Bonchev–Trinajstić information content (AvgIpc) is 2.72. The largest absolute Gasteiger partial charge is 0.419 e. The highest BCUT2D eigenvalue weighted by Crippen LogP contribution is 2.43. The van der Waals surface area contributed by atoms with Crippen molar-refractivity contribution in [1.82, 2.24) is 15.3 Å². The number of halogens is 3. The van der Waals surface area contributed by atoms with Gasteiger partial charge in [0.25, 0.3) is 0 Å². The summed E-state index contributed by atoms with van der Waals surface area (Å²) in [5.74, 6) is 0.600. The third kappa shape index (κ3) is 4.77. The third-order valence-electron chi connectivity index (χ3n) is 5.48. The van der Waals surface area contributed by atoms with Crippen LogP contribution in [-0.4, -0.2) is 36.1 Å². The van der Waals surface area contributed by atoms with E-state index < -0.39 is 11.7 Å². The number of nitrogen functional groups attached to an aromatic ring is 2. The number of likely N-dealkylation sites (N-methyl/N-ethyl adjacent to an activating group) is 1. The number of nitrogens with zero attached hydrogens (tertiary/aromatic N) is 3. The van der Waals surface area contributed by atoms with Gasteiger partial charge in [0.05, 0.1) is 11.1 Å². The molecule has 0 radical (unpaired) electrons. The molecule has 3 rings (SSSR count). The molecule has 1 aliphatic rings. The molecule has 9 heteroatoms. The first kappa shape index (κ1) is 22.1. The molecule has 1 saturated heterocycles. The minimum Gasteiger partial charge on any atom is -0.398 e. The molecular formula is C21H29F3N6. The number of nitrogens with one attached hydrogen (secondary N) is 1. The van der Waals surface area contributed by atoms with Crippen LogP contribution in [0, 0.1) is 0 Å². The van der Waals surface area contributed by atoms with E-state index in [2.05, 4.69) is 27.1 Å². The molecule has 1 aromatic heterocycles. The van der Waals surface area contributed by atoms with E-state index in [4.69, 9.17) is 11.5 Å². The molecule has 30 heavy (non-hydrogen) atoms. The molecule has 164 valence electrons. The van der Waals surface area contributed by atoms with E-state index in [0.29, 0.717) is 24.0 Å². The molecule has 1 aromatic carbocycles. The molecule has 0 aliphatic carbocycles. The minimum atomic E-state index is -4.67. The van der Waals surface area contributed by atoms with E-state index in [-0.39, 0.29) is 22.8 Å². The summed E-state index contributed by atoms with van der Waals surface area (Å²) in [6.45, 7) is 3.59. The van der Waals surface area contributed by atoms with Gasteiger partial charge in [-0.2, -0.15) is 13.2 Å². The van der Waals surface area contributed by atoms with Crippen LogP contribution in [-0.2, 0) is 12.6 Å². The molecule has 0 bridgehead atoms. The van der Waals surface area contributed by atoms with Crippen molar-refractivity contribution in [2.45, 2.75) is 51.2 Å². The zero-order valence-electron chi connectivity index (χ0n) is 17.4. The number of aryl methyl sites for hydroxylation is 1. The van der Waals surface area contributed by atoms with Gasteiger partial charge in [-0.05, 0) is 44.9 Å². The predicted molar refractivity (Wildman–Crippen MR) is 114 cm³/mol. The number of nitrogens with two attached hydrogens (primary N) is 2. The van der Waals surface area contributed by atoms with Crippen LogP contribution in [0.3, 0.4) is 0 Å². The number of piperidine rings is 1. The van der Waals surface area contributed by atoms with Gasteiger partial charge >= 0.3 is 6.18 Å². The van der Waals surface area contributed by atoms with Crippen molar-refractivity contribution in [3.8, 4) is 11.4 Å². The fourth-order valence-corrected chi connectivity index (χ4v) is 3.84. The first-order valence-electron chi connectivity index (χ1n) is 10.3. The van der Waals surface area contributed by atoms with Gasteiger partial charge in [0.15, 0.2) is 5.82 Å². The van der Waals surface area contributed by atoms with Crippen LogP contribution >= 0.6 is 0 Å². The molecule has 0 spiro atoms. The Morgan fingerprint density at radius 2 is 1.93 bits per heavy atom. The van der Waals surface area contributed by atoms with Crippen LogP contribution in [0.1, 0.15) is 43.9 Å². The Bertz CT molecular complexity index is 884. The fourth-order valence-electron chi connectivity index (χ4n) is 3.84. The monoisotopic (exact) mass is 422 g/mol. The number of unbranched alkanes of at least 4 members (excludes halogenated alkanes) is 1. The van der Waals surface area contributed by atoms with Crippen molar-refractivity contribution >= 4 is 17.2 Å². The van der Waals surface area contributed by atoms with Gasteiger partial charge in [0, 0.05) is 42.3 Å². The minimum absolute atomic E-state index is 0.0256. The molecule has 1 aliphatic heterocycles. The lowest BCUT2D eigenvalue weighted by atomic mass is 10.0. The van der Waals surface area contributed by atoms with Crippen LogP contribution < -0.4 is 21.7 Å². The maximum atomic E-state index is 13.8. The molecule has 1 fully saturated rings. The second-order valence-electron chi connectivity index (χ2n) is 7.71. The standard InChI is InChI=1S/C21H29F3N6/c1-3-4-6-13-11-17(30-10-5-7-14(12-30)27-2)29-20(28-13)18-15(25)8-9-16(26)19(18)21(22,23)24/h8-9,11,14,27H,3-7,10,12,25-26H2,1-2H3. The second kappa shape index (κ2) is 9.07. The van der Waals surface area contributed by atoms with E-state index in [1.165, 1.54) is 12.1 Å². The third-order valence-corrected chi connectivity index (χ3v) is 5.48. The van der Waals surface area contributed by atoms with E-state index in [1.807, 2.05) is 13.1 Å². The van der Waals surface area contributed by atoms with Gasteiger partial charge in [-0.1, -0.05) is 13.3 Å². The van der Waals surface area contributed by atoms with Crippen LogP contribution in [0.25, 0.3) is 11.4 Å². The van der Waals surface area contributed by atoms with E-state index in [9.17, 15) is 13.2 Å². The number of hydrogen-bond donors (Lipinski definition) is 3. The van der Waals surface area contributed by atoms with Gasteiger partial charge in [-0.25, -0.2) is 9.97 Å². The van der Waals surface area contributed by atoms with Crippen LogP contribution in [0.15, 0.2) is 18.2 Å². The molecule has 1 atom stereocenters. The number of anilines is 3. The van der Waals surface area contributed by atoms with Crippen LogP contribution in [0.5, 0.6) is 0 Å². The lowest BCUT2D eigenvalue weighted by Crippen LogP contribution is -2.44. The maximum Gasteiger partial charge on any atom is 0.419 e. The van der Waals surface area contributed by atoms with Crippen molar-refractivity contribution in [2.75, 3.05) is 36.5 Å². The van der Waals surface area contributed by atoms with Crippen molar-refractivity contribution < 1.29 is 13.2 Å². The van der Waals surface area contributed by atoms with E-state index in [0.717, 1.165) is 38.8 Å². The summed E-state index contributed by atoms with van der Waals surface area (Å²) in [5, 5.41) is 3.27. The van der Waals surface area contributed by atoms with E-state index >= 15 is 0 Å². The lowest BCUT2D eigenvalue weighted by molar-refractivity contribution is -0.136. The molecule has 1 unspecified atom stereocenters. The molecular weight excluding hydrogens is 393 g/mol. The highest BCUT2D eigenvalue weighted by Gasteiger charge is 2.38. The van der Waals surface area contributed by atoms with Gasteiger partial charge in [0.2, 0.25) is 0 Å². The van der Waals surface area contributed by atoms with Crippen LogP contribution in [0.2, 0.25) is 0 Å². The summed E-state index contributed by atoms with van der Waals surface area (Å²) in [7, 11) is 1.91. The highest BCUT2D eigenvalue weighted by atomic mass is 19.4. The Balaban J connectivity index is 2.15. The summed E-state index contributed by atoms with van der Waals surface area (Å²) < 4.78 is 41.5. The first-order chi connectivity index (χ1) is 14.2. The highest BCUT2D eigenvalue weighted by molar-refractivity contribution is 5.81. The molecule has 2 aromatic rings. The Morgan fingerprint density at radius 3 is 2.60 bits per heavy atom. The Labute approximate surface area is 174 Å². The second-order valence-corrected chi connectivity index (χ2v) is 7.71. The average molecular weight is 422 g/mol. The summed E-state index contributed by atoms with van der Waals surface area (Å²) >= 11 is 0. The normalized spacial score (nSPS) is 17.4. The van der Waals surface area contributed by atoms with Crippen molar-refractivity contribution in [1.29, 1.82) is 0 Å². The zero-order chi connectivity index (χ0) is 21.9. The molecule has 5 N–H and O–H groups in total. The maximum absolute atomic E-state index is 13.8. The number of alkyl halides is 3. The first-order valence-corrected chi connectivity index (χ1v) is 10.3. The Kier molecular flexibility index (Phi) is 6.70. The molecule has 2 heterocycles. The summed E-state index contributed by atoms with van der Waals surface area (Å²) in [6.07, 6.45) is -0.147. The SMILES string of the molecule is CCCCc1cc(N2CCCC(NC)C2)nc(-c2c(N)ccc(N)c2C(F)(F)F)n1.